The number of quaternary nitrogens is 1. The minimum absolute atomic E-state index is 0.337. The zero-order valence-electron chi connectivity index (χ0n) is 11.8. The van der Waals surface area contributed by atoms with Crippen molar-refractivity contribution in [1.82, 2.24) is 4.98 Å². The quantitative estimate of drug-likeness (QED) is 0.832. The smallest absolute Gasteiger partial charge is 0.105 e. The maximum atomic E-state index is 11.6. The van der Waals surface area contributed by atoms with E-state index in [2.05, 4.69) is 18.8 Å². The monoisotopic (exact) mass is 270 g/mol. The molecule has 1 N–H and O–H groups in total. The van der Waals surface area contributed by atoms with Crippen molar-refractivity contribution in [3.8, 4) is 0 Å². The van der Waals surface area contributed by atoms with Crippen LogP contribution in [0.5, 0.6) is 0 Å². The second-order valence-corrected chi connectivity index (χ2v) is 5.71. The van der Waals surface area contributed by atoms with Crippen molar-refractivity contribution >= 4 is 16.9 Å². The molecule has 1 aliphatic heterocycles. The lowest BCUT2D eigenvalue weighted by molar-refractivity contribution is -0.937. The molecular weight excluding hydrogens is 252 g/mol. The maximum absolute atomic E-state index is 11.6. The van der Waals surface area contributed by atoms with E-state index in [0.717, 1.165) is 29.7 Å². The molecule has 0 radical (unpaired) electrons. The van der Waals surface area contributed by atoms with E-state index in [1.165, 1.54) is 4.90 Å². The minimum Gasteiger partial charge on any atom is -0.545 e. The van der Waals surface area contributed by atoms with Crippen LogP contribution in [0.15, 0.2) is 24.3 Å². The van der Waals surface area contributed by atoms with Crippen molar-refractivity contribution in [1.29, 1.82) is 0 Å². The number of nitrogens with one attached hydrogen (secondary N) is 1. The van der Waals surface area contributed by atoms with Gasteiger partial charge in [0.15, 0.2) is 0 Å². The Kier molecular flexibility index (Phi) is 3.18. The lowest BCUT2D eigenvalue weighted by Crippen LogP contribution is -3.14. The number of benzene rings is 1. The van der Waals surface area contributed by atoms with Crippen LogP contribution in [0.3, 0.4) is 0 Å². The third kappa shape index (κ3) is 2.06. The van der Waals surface area contributed by atoms with E-state index in [4.69, 9.17) is 0 Å². The van der Waals surface area contributed by atoms with Crippen LogP contribution in [-0.2, 0) is 13.0 Å². The van der Waals surface area contributed by atoms with Gasteiger partial charge in [0.2, 0.25) is 0 Å². The van der Waals surface area contributed by atoms with Crippen LogP contribution in [0.25, 0.3) is 10.9 Å². The summed E-state index contributed by atoms with van der Waals surface area (Å²) in [4.78, 5) is 17.7. The largest absolute Gasteiger partial charge is 0.545 e. The van der Waals surface area contributed by atoms with Gasteiger partial charge in [0, 0.05) is 22.9 Å². The fraction of sp³-hybridized carbons (Fsp3) is 0.375. The van der Waals surface area contributed by atoms with Gasteiger partial charge in [-0.1, -0.05) is 18.2 Å². The Hall–Kier alpha value is -1.94. The molecule has 3 rings (SSSR count). The number of carbonyl (C=O) groups excluding carboxylic acids is 1. The highest BCUT2D eigenvalue weighted by Crippen LogP contribution is 2.24. The molecule has 0 saturated heterocycles. The molecule has 0 aliphatic carbocycles. The number of fused-ring (bicyclic) bond motifs is 2. The summed E-state index contributed by atoms with van der Waals surface area (Å²) in [5, 5.41) is 12.3. The van der Waals surface area contributed by atoms with Crippen LogP contribution in [0.2, 0.25) is 0 Å². The summed E-state index contributed by atoms with van der Waals surface area (Å²) in [6, 6.07) is 7.89. The predicted octanol–water partition coefficient (Wildman–Crippen LogP) is -0.0523. The number of aromatic carboxylic acids is 1. The molecule has 1 aliphatic rings. The van der Waals surface area contributed by atoms with E-state index in [0.29, 0.717) is 23.5 Å². The topological polar surface area (TPSA) is 57.5 Å². The van der Waals surface area contributed by atoms with E-state index in [1.54, 1.807) is 0 Å². The first kappa shape index (κ1) is 13.1. The fourth-order valence-electron chi connectivity index (χ4n) is 3.02. The molecule has 4 heteroatoms. The van der Waals surface area contributed by atoms with Crippen molar-refractivity contribution < 1.29 is 14.8 Å². The molecule has 0 fully saturated rings. The van der Waals surface area contributed by atoms with Gasteiger partial charge in [0.1, 0.15) is 6.54 Å². The van der Waals surface area contributed by atoms with E-state index in [9.17, 15) is 9.90 Å². The summed E-state index contributed by atoms with van der Waals surface area (Å²) in [6.45, 7) is 6.04. The molecule has 104 valence electrons. The second kappa shape index (κ2) is 4.87. The number of hydrogen-bond donors (Lipinski definition) is 1. The van der Waals surface area contributed by atoms with Crippen LogP contribution in [0.4, 0.5) is 0 Å². The molecule has 1 unspecified atom stereocenters. The SMILES string of the molecule is CC(C)[NH+]1CCc2nc3ccccc3c(C(=O)[O-])c2C1. The number of pyridine rings is 1. The third-order valence-electron chi connectivity index (χ3n) is 4.19. The second-order valence-electron chi connectivity index (χ2n) is 5.71. The molecule has 0 bridgehead atoms. The Labute approximate surface area is 118 Å². The van der Waals surface area contributed by atoms with E-state index < -0.39 is 5.97 Å². The molecule has 1 atom stereocenters. The molecule has 2 heterocycles. The average molecular weight is 270 g/mol. The first-order valence-corrected chi connectivity index (χ1v) is 7.04. The van der Waals surface area contributed by atoms with Gasteiger partial charge >= 0.3 is 0 Å². The number of nitrogens with zero attached hydrogens (tertiary/aromatic N) is 1. The van der Waals surface area contributed by atoms with Gasteiger partial charge in [-0.25, -0.2) is 0 Å². The highest BCUT2D eigenvalue weighted by atomic mass is 16.4. The summed E-state index contributed by atoms with van der Waals surface area (Å²) < 4.78 is 0. The Bertz CT molecular complexity index is 679. The number of carboxylic acid groups (broad SMARTS) is 1. The zero-order chi connectivity index (χ0) is 14.3. The van der Waals surface area contributed by atoms with E-state index in [1.807, 2.05) is 24.3 Å². The molecule has 1 aromatic heterocycles. The number of carboxylic acids is 1. The maximum Gasteiger partial charge on any atom is 0.105 e. The highest BCUT2D eigenvalue weighted by molar-refractivity contribution is 6.03. The van der Waals surface area contributed by atoms with Gasteiger partial charge in [0.05, 0.1) is 29.8 Å². The summed E-state index contributed by atoms with van der Waals surface area (Å²) in [7, 11) is 0. The summed E-state index contributed by atoms with van der Waals surface area (Å²) in [6.07, 6.45) is 0.827. The average Bonchev–Trinajstić information content (AvgIpc) is 2.43. The fourth-order valence-corrected chi connectivity index (χ4v) is 3.02. The molecule has 0 saturated carbocycles. The normalized spacial score (nSPS) is 18.2. The number of aromatic nitrogens is 1. The van der Waals surface area contributed by atoms with Crippen molar-refractivity contribution in [2.24, 2.45) is 0 Å². The number of para-hydroxylation sites is 1. The van der Waals surface area contributed by atoms with Gasteiger partial charge in [-0.2, -0.15) is 0 Å². The molecule has 20 heavy (non-hydrogen) atoms. The Morgan fingerprint density at radius 2 is 2.10 bits per heavy atom. The molecule has 1 aromatic carbocycles. The highest BCUT2D eigenvalue weighted by Gasteiger charge is 2.26. The van der Waals surface area contributed by atoms with Gasteiger partial charge in [-0.05, 0) is 19.9 Å². The lowest BCUT2D eigenvalue weighted by Gasteiger charge is -2.30. The van der Waals surface area contributed by atoms with Crippen molar-refractivity contribution in [2.45, 2.75) is 32.9 Å². The predicted molar refractivity (Wildman–Crippen MR) is 74.4 cm³/mol. The van der Waals surface area contributed by atoms with Crippen LogP contribution in [0, 0.1) is 0 Å². The van der Waals surface area contributed by atoms with Crippen LogP contribution in [0.1, 0.15) is 35.5 Å². The molecule has 0 spiro atoms. The third-order valence-corrected chi connectivity index (χ3v) is 4.19. The van der Waals surface area contributed by atoms with Crippen LogP contribution < -0.4 is 10.0 Å². The first-order valence-electron chi connectivity index (χ1n) is 7.04. The Balaban J connectivity index is 2.23. The molecule has 0 amide bonds. The van der Waals surface area contributed by atoms with E-state index in [-0.39, 0.29) is 0 Å². The van der Waals surface area contributed by atoms with E-state index >= 15 is 0 Å². The van der Waals surface area contributed by atoms with Crippen molar-refractivity contribution in [3.05, 3.63) is 41.1 Å². The number of hydrogen-bond acceptors (Lipinski definition) is 3. The minimum atomic E-state index is -1.09. The Morgan fingerprint density at radius 3 is 2.80 bits per heavy atom. The summed E-state index contributed by atoms with van der Waals surface area (Å²) in [5.74, 6) is -1.09. The number of rotatable bonds is 2. The van der Waals surface area contributed by atoms with Crippen molar-refractivity contribution in [3.63, 3.8) is 0 Å². The summed E-state index contributed by atoms with van der Waals surface area (Å²) >= 11 is 0. The van der Waals surface area contributed by atoms with Crippen LogP contribution >= 0.6 is 0 Å². The standard InChI is InChI=1S/C16H18N2O2/c1-10(2)18-8-7-14-12(9-18)15(16(19)20)11-5-3-4-6-13(11)17-14/h3-6,10H,7-9H2,1-2H3,(H,19,20). The Morgan fingerprint density at radius 1 is 1.35 bits per heavy atom. The first-order chi connectivity index (χ1) is 9.58. The zero-order valence-corrected chi connectivity index (χ0v) is 11.8. The van der Waals surface area contributed by atoms with Gasteiger partial charge in [-0.15, -0.1) is 0 Å². The number of carbonyl (C=O) groups is 1. The van der Waals surface area contributed by atoms with Crippen molar-refractivity contribution in [2.75, 3.05) is 6.54 Å². The molecule has 4 nitrogen and oxygen atoms in total. The van der Waals surface area contributed by atoms with Gasteiger partial charge < -0.3 is 14.8 Å². The molecule has 2 aromatic rings. The van der Waals surface area contributed by atoms with Gasteiger partial charge in [-0.3, -0.25) is 4.98 Å². The van der Waals surface area contributed by atoms with Crippen LogP contribution in [-0.4, -0.2) is 23.5 Å². The lowest BCUT2D eigenvalue weighted by atomic mass is 9.95. The molecular formula is C16H18N2O2. The van der Waals surface area contributed by atoms with Gasteiger partial charge in [0.25, 0.3) is 0 Å². The summed E-state index contributed by atoms with van der Waals surface area (Å²) in [5.41, 5.74) is 2.87.